The SMILES string of the molecule is [SH][Zr]([Cl])([Cl])([c]1cccc2c1C=CC2)[c]1cccc2c1C=C1CSC(Br)C12. The van der Waals surface area contributed by atoms with Crippen LogP contribution in [-0.2, 0) is 21.4 Å². The maximum absolute atomic E-state index is 7.36. The summed E-state index contributed by atoms with van der Waals surface area (Å²) in [6, 6.07) is 12.7. The molecule has 3 aliphatic rings. The van der Waals surface area contributed by atoms with E-state index in [1.54, 1.807) is 0 Å². The molecule has 0 N–H and O–H groups in total. The van der Waals surface area contributed by atoms with Gasteiger partial charge in [0.1, 0.15) is 0 Å². The van der Waals surface area contributed by atoms with Crippen LogP contribution in [0.25, 0.3) is 12.2 Å². The number of thiol groups is 1. The first-order valence-electron chi connectivity index (χ1n) is 8.56. The van der Waals surface area contributed by atoms with Crippen LogP contribution in [0, 0.1) is 0 Å². The van der Waals surface area contributed by atoms with E-state index in [1.807, 2.05) is 11.8 Å². The third kappa shape index (κ3) is 2.66. The minimum atomic E-state index is -4.69. The summed E-state index contributed by atoms with van der Waals surface area (Å²) >= 11 is 1.09. The fraction of sp³-hybridized carbons (Fsp3) is 0.200. The fourth-order valence-corrected chi connectivity index (χ4v) is 18.7. The second-order valence-corrected chi connectivity index (χ2v) is 35.7. The van der Waals surface area contributed by atoms with E-state index in [2.05, 4.69) is 70.6 Å². The molecule has 133 valence electrons. The summed E-state index contributed by atoms with van der Waals surface area (Å²) in [6.07, 6.45) is 7.59. The molecule has 0 saturated carbocycles. The summed E-state index contributed by atoms with van der Waals surface area (Å²) in [6.45, 7) is 0. The number of thioether (sulfide) groups is 1. The van der Waals surface area contributed by atoms with E-state index in [0.717, 1.165) is 18.7 Å². The molecule has 1 aliphatic heterocycles. The Hall–Kier alpha value is 0.563. The van der Waals surface area contributed by atoms with Gasteiger partial charge in [-0.1, -0.05) is 0 Å². The van der Waals surface area contributed by atoms with Gasteiger partial charge in [0.05, 0.1) is 0 Å². The monoisotopic (exact) mass is 559 g/mol. The molecule has 2 aromatic carbocycles. The Balaban J connectivity index is 1.75. The van der Waals surface area contributed by atoms with Gasteiger partial charge in [-0.05, 0) is 0 Å². The van der Waals surface area contributed by atoms with Crippen LogP contribution >= 0.6 is 54.1 Å². The zero-order valence-electron chi connectivity index (χ0n) is 13.8. The first-order chi connectivity index (χ1) is 12.4. The first-order valence-corrected chi connectivity index (χ1v) is 23.1. The Morgan fingerprint density at radius 3 is 2.62 bits per heavy atom. The molecule has 26 heavy (non-hydrogen) atoms. The summed E-state index contributed by atoms with van der Waals surface area (Å²) < 4.78 is 2.51. The van der Waals surface area contributed by atoms with E-state index in [-0.39, 0.29) is 0 Å². The summed E-state index contributed by atoms with van der Waals surface area (Å²) in [5.41, 5.74) is 6.48. The number of rotatable bonds is 2. The zero-order chi connectivity index (χ0) is 18.1. The molecule has 0 aromatic heterocycles. The van der Waals surface area contributed by atoms with Crippen molar-refractivity contribution in [2.45, 2.75) is 16.5 Å². The van der Waals surface area contributed by atoms with Gasteiger partial charge in [0.2, 0.25) is 0 Å². The van der Waals surface area contributed by atoms with Crippen LogP contribution in [0.2, 0.25) is 0 Å². The van der Waals surface area contributed by atoms with Crippen molar-refractivity contribution in [3.8, 4) is 0 Å². The number of fused-ring (bicyclic) bond motifs is 4. The third-order valence-electron chi connectivity index (χ3n) is 5.61. The molecule has 0 amide bonds. The molecule has 2 unspecified atom stereocenters. The molecule has 2 aromatic rings. The summed E-state index contributed by atoms with van der Waals surface area (Å²) in [5, 5.41) is 0. The number of hydrogen-bond acceptors (Lipinski definition) is 2. The molecule has 0 bridgehead atoms. The van der Waals surface area contributed by atoms with Gasteiger partial charge in [0, 0.05) is 0 Å². The van der Waals surface area contributed by atoms with E-state index in [9.17, 15) is 0 Å². The Bertz CT molecular complexity index is 1010. The van der Waals surface area contributed by atoms with Crippen LogP contribution in [0.4, 0.5) is 0 Å². The maximum atomic E-state index is 7.36. The van der Waals surface area contributed by atoms with Crippen LogP contribution in [0.1, 0.15) is 28.2 Å². The van der Waals surface area contributed by atoms with Crippen LogP contribution in [0.15, 0.2) is 48.0 Å². The molecule has 6 heteroatoms. The van der Waals surface area contributed by atoms with Gasteiger partial charge >= 0.3 is 180 Å². The molecule has 0 radical (unpaired) electrons. The van der Waals surface area contributed by atoms with Gasteiger partial charge in [-0.3, -0.25) is 0 Å². The van der Waals surface area contributed by atoms with Crippen LogP contribution in [-0.4, -0.2) is 9.91 Å². The predicted molar refractivity (Wildman–Crippen MR) is 121 cm³/mol. The fourth-order valence-electron chi connectivity index (χ4n) is 4.38. The van der Waals surface area contributed by atoms with Crippen molar-refractivity contribution >= 4 is 72.8 Å². The average molecular weight is 563 g/mol. The van der Waals surface area contributed by atoms with Crippen LogP contribution in [0.3, 0.4) is 0 Å². The van der Waals surface area contributed by atoms with Crippen molar-refractivity contribution < 1.29 is 14.9 Å². The number of hydrogen-bond donors (Lipinski definition) is 1. The van der Waals surface area contributed by atoms with E-state index in [1.165, 1.54) is 27.8 Å². The minimum absolute atomic E-state index is 0.417. The Morgan fingerprint density at radius 1 is 1.08 bits per heavy atom. The number of benzene rings is 2. The molecule has 0 nitrogen and oxygen atoms in total. The van der Waals surface area contributed by atoms with E-state index >= 15 is 0 Å². The summed E-state index contributed by atoms with van der Waals surface area (Å²) in [4.78, 5) is 0. The molecule has 1 fully saturated rings. The van der Waals surface area contributed by atoms with Crippen molar-refractivity contribution in [3.05, 3.63) is 70.3 Å². The number of allylic oxidation sites excluding steroid dienone is 1. The molecule has 1 saturated heterocycles. The van der Waals surface area contributed by atoms with Gasteiger partial charge in [0.25, 0.3) is 0 Å². The van der Waals surface area contributed by atoms with Crippen molar-refractivity contribution in [2.75, 3.05) is 5.75 Å². The van der Waals surface area contributed by atoms with Crippen LogP contribution in [0.5, 0.6) is 0 Å². The summed E-state index contributed by atoms with van der Waals surface area (Å²) in [5.74, 6) is 1.48. The van der Waals surface area contributed by atoms with Gasteiger partial charge in [-0.15, -0.1) is 0 Å². The number of halogens is 3. The second kappa shape index (κ2) is 6.28. The normalized spacial score (nSPS) is 24.6. The Morgan fingerprint density at radius 2 is 1.81 bits per heavy atom. The van der Waals surface area contributed by atoms with Crippen molar-refractivity contribution in [1.29, 1.82) is 0 Å². The quantitative estimate of drug-likeness (QED) is 0.346. The van der Waals surface area contributed by atoms with Gasteiger partial charge in [0.15, 0.2) is 0 Å². The summed E-state index contributed by atoms with van der Waals surface area (Å²) in [7, 11) is 19.8. The molecule has 2 aliphatic carbocycles. The van der Waals surface area contributed by atoms with Crippen molar-refractivity contribution in [3.63, 3.8) is 0 Å². The topological polar surface area (TPSA) is 0 Å². The molecular formula is C20H16BrCl2S2Zr. The van der Waals surface area contributed by atoms with Gasteiger partial charge < -0.3 is 0 Å². The van der Waals surface area contributed by atoms with Gasteiger partial charge in [-0.25, -0.2) is 0 Å². The molecule has 5 rings (SSSR count). The molecule has 1 heterocycles. The average Bonchev–Trinajstić information content (AvgIpc) is 3.29. The predicted octanol–water partition coefficient (Wildman–Crippen LogP) is 6.00. The van der Waals surface area contributed by atoms with Gasteiger partial charge in [-0.2, -0.15) is 0 Å². The molecular weight excluding hydrogens is 546 g/mol. The zero-order valence-corrected chi connectivity index (χ0v) is 21.0. The standard InChI is InChI=1S/C11H8BrS.C9H7.2ClH.H2S.Zr/c12-11-10-8(6-13-11)5-7-3-1-2-4-9(7)10;1-2-5-9-7-3-6-8(9)4-1;;;;/h1-2,4-5,10-11H,6H2;1-4,7H,6H2;2*1H;1H2;/q;;;;;+3/p-3. The Kier molecular flexibility index (Phi) is 4.49. The van der Waals surface area contributed by atoms with E-state index < -0.39 is 14.9 Å². The van der Waals surface area contributed by atoms with Crippen LogP contribution < -0.4 is 6.54 Å². The third-order valence-corrected chi connectivity index (χ3v) is 22.3. The van der Waals surface area contributed by atoms with E-state index in [0.29, 0.717) is 10.1 Å². The molecule has 2 atom stereocenters. The Labute approximate surface area is 178 Å². The second-order valence-electron chi connectivity index (χ2n) is 7.12. The molecule has 0 spiro atoms. The first kappa shape index (κ1) is 18.6. The van der Waals surface area contributed by atoms with Crippen molar-refractivity contribution in [2.24, 2.45) is 0 Å². The van der Waals surface area contributed by atoms with E-state index in [4.69, 9.17) is 26.4 Å². The number of alkyl halides is 1. The van der Waals surface area contributed by atoms with Crippen molar-refractivity contribution in [1.82, 2.24) is 0 Å².